The van der Waals surface area contributed by atoms with Crippen LogP contribution in [-0.4, -0.2) is 51.5 Å². The molecule has 150 valence electrons. The summed E-state index contributed by atoms with van der Waals surface area (Å²) < 4.78 is 35.6. The molecule has 2 aliphatic heterocycles. The minimum atomic E-state index is -1.12. The summed E-state index contributed by atoms with van der Waals surface area (Å²) >= 11 is 0. The maximum Gasteiger partial charge on any atom is 0.319 e. The summed E-state index contributed by atoms with van der Waals surface area (Å²) in [5.41, 5.74) is 1.29. The fraction of sp³-hybridized carbons (Fsp3) is 0.333. The predicted molar refractivity (Wildman–Crippen MR) is 99.3 cm³/mol. The molecule has 2 N–H and O–H groups in total. The third kappa shape index (κ3) is 3.18. The van der Waals surface area contributed by atoms with E-state index in [1.165, 1.54) is 16.8 Å². The second-order valence-electron chi connectivity index (χ2n) is 6.89. The average Bonchev–Trinajstić information content (AvgIpc) is 3.28. The fourth-order valence-electron chi connectivity index (χ4n) is 3.72. The van der Waals surface area contributed by atoms with Crippen LogP contribution in [0.3, 0.4) is 0 Å². The van der Waals surface area contributed by atoms with E-state index in [4.69, 9.17) is 4.74 Å². The maximum absolute atomic E-state index is 14.4. The molecule has 5 heterocycles. The highest BCUT2D eigenvalue weighted by atomic mass is 19.1. The van der Waals surface area contributed by atoms with E-state index >= 15 is 0 Å². The Balaban J connectivity index is 1.65. The molecule has 2 amide bonds. The van der Waals surface area contributed by atoms with Crippen molar-refractivity contribution in [3.05, 3.63) is 42.1 Å². The summed E-state index contributed by atoms with van der Waals surface area (Å²) in [5, 5.41) is 9.53. The second kappa shape index (κ2) is 6.83. The highest BCUT2D eigenvalue weighted by Crippen LogP contribution is 2.40. The van der Waals surface area contributed by atoms with Crippen LogP contribution in [0.25, 0.3) is 5.65 Å². The number of aromatic nitrogens is 4. The molecule has 1 fully saturated rings. The Morgan fingerprint density at radius 1 is 1.31 bits per heavy atom. The zero-order valence-corrected chi connectivity index (χ0v) is 15.2. The number of hydrogen-bond acceptors (Lipinski definition) is 6. The van der Waals surface area contributed by atoms with Crippen LogP contribution in [-0.2, 0) is 0 Å². The smallest absolute Gasteiger partial charge is 0.319 e. The number of fused-ring (bicyclic) bond motifs is 5. The summed E-state index contributed by atoms with van der Waals surface area (Å²) in [6, 6.07) is 2.08. The molecule has 2 bridgehead atoms. The van der Waals surface area contributed by atoms with E-state index < -0.39 is 24.1 Å². The zero-order chi connectivity index (χ0) is 20.0. The first kappa shape index (κ1) is 17.6. The molecule has 9 nitrogen and oxygen atoms in total. The van der Waals surface area contributed by atoms with Crippen molar-refractivity contribution < 1.29 is 18.3 Å². The van der Waals surface area contributed by atoms with Gasteiger partial charge >= 0.3 is 6.03 Å². The van der Waals surface area contributed by atoms with E-state index in [-0.39, 0.29) is 32.0 Å². The number of alkyl halides is 1. The van der Waals surface area contributed by atoms with Gasteiger partial charge in [0.15, 0.2) is 5.65 Å². The van der Waals surface area contributed by atoms with Crippen LogP contribution in [0.5, 0.6) is 5.88 Å². The molecule has 2 atom stereocenters. The summed E-state index contributed by atoms with van der Waals surface area (Å²) in [6.45, 7) is 0.418. The van der Waals surface area contributed by atoms with Gasteiger partial charge < -0.3 is 20.3 Å². The summed E-state index contributed by atoms with van der Waals surface area (Å²) in [6.07, 6.45) is 3.26. The molecule has 5 rings (SSSR count). The third-order valence-electron chi connectivity index (χ3n) is 4.98. The standard InChI is InChI=1S/C18H17F2N7O2/c19-10-5-12-14-6-11(20)9-26(14)15-1-3-27-16(25-15)13(8-23-27)24-18(28)21-2-4-29-17(12)22-7-10/h1,3,5,7-8,11,14H,2,4,6,9H2,(H2,21,24,28)/t11-,14+/m0/s1. The van der Waals surface area contributed by atoms with Crippen LogP contribution in [0.1, 0.15) is 18.0 Å². The summed E-state index contributed by atoms with van der Waals surface area (Å²) in [7, 11) is 0. The number of rotatable bonds is 0. The normalized spacial score (nSPS) is 21.7. The number of anilines is 2. The van der Waals surface area contributed by atoms with Crippen LogP contribution < -0.4 is 20.3 Å². The van der Waals surface area contributed by atoms with E-state index in [9.17, 15) is 13.6 Å². The Morgan fingerprint density at radius 3 is 3.10 bits per heavy atom. The van der Waals surface area contributed by atoms with Crippen molar-refractivity contribution in [3.63, 3.8) is 0 Å². The Labute approximate surface area is 163 Å². The van der Waals surface area contributed by atoms with Gasteiger partial charge in [-0.1, -0.05) is 0 Å². The van der Waals surface area contributed by atoms with Gasteiger partial charge in [-0.15, -0.1) is 0 Å². The van der Waals surface area contributed by atoms with Gasteiger partial charge in [0.1, 0.15) is 30.1 Å². The van der Waals surface area contributed by atoms with Gasteiger partial charge in [-0.2, -0.15) is 5.10 Å². The van der Waals surface area contributed by atoms with Gasteiger partial charge in [0.05, 0.1) is 31.5 Å². The predicted octanol–water partition coefficient (Wildman–Crippen LogP) is 2.07. The number of nitrogens with one attached hydrogen (secondary N) is 2. The molecule has 0 aromatic carbocycles. The van der Waals surface area contributed by atoms with Crippen molar-refractivity contribution in [2.75, 3.05) is 29.9 Å². The molecule has 0 unspecified atom stereocenters. The van der Waals surface area contributed by atoms with Crippen molar-refractivity contribution in [3.8, 4) is 5.88 Å². The fourth-order valence-corrected chi connectivity index (χ4v) is 3.72. The van der Waals surface area contributed by atoms with Crippen LogP contribution in [0.4, 0.5) is 25.1 Å². The lowest BCUT2D eigenvalue weighted by molar-refractivity contribution is 0.246. The number of carbonyl (C=O) groups excluding carboxylic acids is 1. The molecule has 0 aliphatic carbocycles. The highest BCUT2D eigenvalue weighted by Gasteiger charge is 2.37. The van der Waals surface area contributed by atoms with Crippen molar-refractivity contribution in [1.82, 2.24) is 24.9 Å². The number of hydrogen-bond donors (Lipinski definition) is 2. The van der Waals surface area contributed by atoms with Gasteiger partial charge in [0.2, 0.25) is 5.88 Å². The summed E-state index contributed by atoms with van der Waals surface area (Å²) in [4.78, 5) is 22.5. The largest absolute Gasteiger partial charge is 0.476 e. The minimum Gasteiger partial charge on any atom is -0.476 e. The maximum atomic E-state index is 14.4. The molecular weight excluding hydrogens is 384 g/mol. The number of carbonyl (C=O) groups is 1. The number of nitrogens with zero attached hydrogens (tertiary/aromatic N) is 5. The van der Waals surface area contributed by atoms with Gasteiger partial charge in [-0.25, -0.2) is 28.1 Å². The third-order valence-corrected chi connectivity index (χ3v) is 4.98. The topological polar surface area (TPSA) is 96.7 Å². The molecule has 0 radical (unpaired) electrons. The Kier molecular flexibility index (Phi) is 4.14. The molecule has 29 heavy (non-hydrogen) atoms. The van der Waals surface area contributed by atoms with Crippen LogP contribution in [0, 0.1) is 5.82 Å². The zero-order valence-electron chi connectivity index (χ0n) is 15.2. The molecule has 1 saturated heterocycles. The lowest BCUT2D eigenvalue weighted by Crippen LogP contribution is -2.32. The van der Waals surface area contributed by atoms with E-state index in [2.05, 4.69) is 25.7 Å². The highest BCUT2D eigenvalue weighted by molar-refractivity contribution is 5.93. The minimum absolute atomic E-state index is 0.0984. The SMILES string of the molecule is O=C1NCCOc2ncc(F)cc2[C@H]2C[C@H](F)CN2c2ccn3ncc(c3n2)N1. The quantitative estimate of drug-likeness (QED) is 0.599. The van der Waals surface area contributed by atoms with E-state index in [1.807, 2.05) is 0 Å². The molecule has 0 spiro atoms. The molecule has 11 heteroatoms. The molecule has 3 aromatic rings. The lowest BCUT2D eigenvalue weighted by atomic mass is 10.1. The molecular formula is C18H17F2N7O2. The first-order valence-electron chi connectivity index (χ1n) is 9.16. The van der Waals surface area contributed by atoms with Gasteiger partial charge in [-0.05, 0) is 12.1 Å². The van der Waals surface area contributed by atoms with Crippen molar-refractivity contribution in [1.29, 1.82) is 0 Å². The van der Waals surface area contributed by atoms with Gasteiger partial charge in [0, 0.05) is 18.2 Å². The number of pyridine rings is 1. The Bertz CT molecular complexity index is 1090. The van der Waals surface area contributed by atoms with Crippen molar-refractivity contribution in [2.45, 2.75) is 18.6 Å². The Hall–Kier alpha value is -3.50. The second-order valence-corrected chi connectivity index (χ2v) is 6.89. The Morgan fingerprint density at radius 2 is 2.21 bits per heavy atom. The first-order chi connectivity index (χ1) is 14.1. The van der Waals surface area contributed by atoms with Crippen LogP contribution in [0.15, 0.2) is 30.7 Å². The van der Waals surface area contributed by atoms with Gasteiger partial charge in [0.25, 0.3) is 0 Å². The van der Waals surface area contributed by atoms with Crippen LogP contribution >= 0.6 is 0 Å². The number of ether oxygens (including phenoxy) is 1. The molecule has 0 saturated carbocycles. The number of urea groups is 1. The van der Waals surface area contributed by atoms with Crippen molar-refractivity contribution in [2.24, 2.45) is 0 Å². The van der Waals surface area contributed by atoms with Crippen LogP contribution in [0.2, 0.25) is 0 Å². The summed E-state index contributed by atoms with van der Waals surface area (Å²) in [5.74, 6) is 0.162. The lowest BCUT2D eigenvalue weighted by Gasteiger charge is -2.27. The monoisotopic (exact) mass is 401 g/mol. The van der Waals surface area contributed by atoms with Crippen molar-refractivity contribution >= 4 is 23.2 Å². The van der Waals surface area contributed by atoms with Gasteiger partial charge in [-0.3, -0.25) is 0 Å². The average molecular weight is 401 g/mol. The number of amides is 2. The van der Waals surface area contributed by atoms with E-state index in [0.29, 0.717) is 22.7 Å². The molecule has 3 aromatic heterocycles. The first-order valence-corrected chi connectivity index (χ1v) is 9.16. The molecule has 2 aliphatic rings. The van der Waals surface area contributed by atoms with E-state index in [1.54, 1.807) is 17.2 Å². The number of halogens is 2. The van der Waals surface area contributed by atoms with E-state index in [0.717, 1.165) is 6.20 Å².